The largest absolute Gasteiger partial charge is 0.486 e. The van der Waals surface area contributed by atoms with Crippen LogP contribution in [0.25, 0.3) is 5.69 Å². The van der Waals surface area contributed by atoms with E-state index >= 15 is 0 Å². The van der Waals surface area contributed by atoms with Gasteiger partial charge in [-0.2, -0.15) is 5.10 Å². The molecule has 0 unspecified atom stereocenters. The fourth-order valence-corrected chi connectivity index (χ4v) is 6.04. The van der Waals surface area contributed by atoms with Gasteiger partial charge in [-0.3, -0.25) is 4.79 Å². The summed E-state index contributed by atoms with van der Waals surface area (Å²) in [5.41, 5.74) is 6.61. The molecule has 0 fully saturated rings. The van der Waals surface area contributed by atoms with Crippen molar-refractivity contribution in [1.29, 1.82) is 0 Å². The fourth-order valence-electron chi connectivity index (χ4n) is 3.97. The molecule has 4 rings (SSSR count). The summed E-state index contributed by atoms with van der Waals surface area (Å²) in [7, 11) is 0. The Morgan fingerprint density at radius 1 is 1.02 bits per heavy atom. The summed E-state index contributed by atoms with van der Waals surface area (Å²) in [6, 6.07) is 18.9. The predicted octanol–water partition coefficient (Wildman–Crippen LogP) is 6.57. The van der Waals surface area contributed by atoms with Gasteiger partial charge in [-0.15, -0.1) is 0 Å². The maximum Gasteiger partial charge on any atom is 0.347 e. The van der Waals surface area contributed by atoms with Gasteiger partial charge in [-0.1, -0.05) is 0 Å². The van der Waals surface area contributed by atoms with Gasteiger partial charge in [0.25, 0.3) is 0 Å². The maximum atomic E-state index is 12.5. The Hall–Kier alpha value is -3.33. The molecule has 1 N–H and O–H groups in total. The SMILES string of the molecule is CCOC(=O)[C@H](C)Oc1c(I)cc(/C=N/NC(=O)c2ccc(COc3ccc(-n4c(C)ccc4C)cc3)o2)cc1I. The second-order valence-corrected chi connectivity index (χ2v) is 11.3. The second kappa shape index (κ2) is 14.0. The number of hydrogen-bond donors (Lipinski definition) is 1. The number of esters is 1. The fraction of sp³-hybridized carbons (Fsp3) is 0.233. The van der Waals surface area contributed by atoms with Crippen LogP contribution in [0.3, 0.4) is 0 Å². The third-order valence-electron chi connectivity index (χ3n) is 5.95. The lowest BCUT2D eigenvalue weighted by Crippen LogP contribution is -2.26. The van der Waals surface area contributed by atoms with E-state index < -0.39 is 18.0 Å². The molecule has 9 nitrogen and oxygen atoms in total. The molecule has 0 radical (unpaired) electrons. The Kier molecular flexibility index (Phi) is 10.5. The number of hydrazone groups is 1. The third-order valence-corrected chi connectivity index (χ3v) is 7.55. The van der Waals surface area contributed by atoms with Crippen LogP contribution in [0.1, 0.15) is 47.1 Å². The van der Waals surface area contributed by atoms with Crippen molar-refractivity contribution in [2.45, 2.75) is 40.4 Å². The highest BCUT2D eigenvalue weighted by Crippen LogP contribution is 2.29. The number of aryl methyl sites for hydroxylation is 2. The molecule has 1 amide bonds. The quantitative estimate of drug-likeness (QED) is 0.0800. The molecule has 2 aromatic heterocycles. The van der Waals surface area contributed by atoms with Crippen LogP contribution in [-0.2, 0) is 16.1 Å². The molecule has 4 aromatic rings. The molecule has 2 aromatic carbocycles. The molecule has 0 aliphatic heterocycles. The predicted molar refractivity (Wildman–Crippen MR) is 172 cm³/mol. The van der Waals surface area contributed by atoms with Crippen LogP contribution in [-0.4, -0.2) is 35.4 Å². The molecule has 214 valence electrons. The first kappa shape index (κ1) is 30.6. The summed E-state index contributed by atoms with van der Waals surface area (Å²) < 4.78 is 26.0. The number of nitrogens with zero attached hydrogens (tertiary/aromatic N) is 2. The van der Waals surface area contributed by atoms with Crippen molar-refractivity contribution in [3.8, 4) is 17.2 Å². The molecule has 11 heteroatoms. The molecule has 0 saturated carbocycles. The molecule has 0 bridgehead atoms. The Labute approximate surface area is 265 Å². The smallest absolute Gasteiger partial charge is 0.347 e. The monoisotopic (exact) mass is 781 g/mol. The minimum absolute atomic E-state index is 0.121. The molecular weight excluding hydrogens is 752 g/mol. The van der Waals surface area contributed by atoms with Gasteiger partial charge >= 0.3 is 11.9 Å². The van der Waals surface area contributed by atoms with Crippen molar-refractivity contribution in [3.63, 3.8) is 0 Å². The van der Waals surface area contributed by atoms with Gasteiger partial charge in [-0.05, 0) is 139 Å². The first-order valence-electron chi connectivity index (χ1n) is 12.8. The van der Waals surface area contributed by atoms with E-state index in [0.29, 0.717) is 23.9 Å². The lowest BCUT2D eigenvalue weighted by atomic mass is 10.2. The normalized spacial score (nSPS) is 11.9. The van der Waals surface area contributed by atoms with E-state index in [2.05, 4.69) is 86.3 Å². The molecule has 0 aliphatic rings. The summed E-state index contributed by atoms with van der Waals surface area (Å²) in [6.45, 7) is 8.00. The third kappa shape index (κ3) is 7.91. The first-order chi connectivity index (χ1) is 19.7. The topological polar surface area (TPSA) is 104 Å². The van der Waals surface area contributed by atoms with Crippen molar-refractivity contribution in [1.82, 2.24) is 9.99 Å². The zero-order chi connectivity index (χ0) is 29.5. The maximum absolute atomic E-state index is 12.5. The second-order valence-electron chi connectivity index (χ2n) is 9.02. The van der Waals surface area contributed by atoms with Gasteiger partial charge in [0.2, 0.25) is 0 Å². The van der Waals surface area contributed by atoms with E-state index in [-0.39, 0.29) is 12.4 Å². The highest BCUT2D eigenvalue weighted by molar-refractivity contribution is 14.1. The van der Waals surface area contributed by atoms with Gasteiger partial charge < -0.3 is 23.2 Å². The number of aromatic nitrogens is 1. The summed E-state index contributed by atoms with van der Waals surface area (Å²) in [5, 5.41) is 4.05. The van der Waals surface area contributed by atoms with Crippen LogP contribution in [0.15, 0.2) is 70.2 Å². The lowest BCUT2D eigenvalue weighted by Gasteiger charge is -2.16. The van der Waals surface area contributed by atoms with Gasteiger partial charge in [0.05, 0.1) is 20.0 Å². The molecule has 0 aliphatic carbocycles. The lowest BCUT2D eigenvalue weighted by molar-refractivity contribution is -0.150. The van der Waals surface area contributed by atoms with Crippen LogP contribution in [0.4, 0.5) is 0 Å². The van der Waals surface area contributed by atoms with Gasteiger partial charge in [0, 0.05) is 17.1 Å². The van der Waals surface area contributed by atoms with Crippen molar-refractivity contribution in [3.05, 3.63) is 96.3 Å². The van der Waals surface area contributed by atoms with Crippen LogP contribution in [0.5, 0.6) is 11.5 Å². The number of carbonyl (C=O) groups is 2. The van der Waals surface area contributed by atoms with Gasteiger partial charge in [-0.25, -0.2) is 10.2 Å². The molecule has 41 heavy (non-hydrogen) atoms. The standard InChI is InChI=1S/C30H29I2N3O6/c1-5-38-30(37)20(4)40-28-25(31)14-21(15-26(28)32)16-33-34-29(36)27-13-12-24(41-27)17-39-23-10-8-22(9-11-23)35-18(2)6-7-19(35)3/h6-16,20H,5,17H2,1-4H3,(H,34,36)/b33-16+/t20-/m0/s1. The van der Waals surface area contributed by atoms with E-state index in [1.165, 1.54) is 6.21 Å². The summed E-state index contributed by atoms with van der Waals surface area (Å²) in [5.74, 6) is 1.00. The Balaban J connectivity index is 1.30. The zero-order valence-electron chi connectivity index (χ0n) is 22.9. The number of hydrogen-bond acceptors (Lipinski definition) is 7. The average Bonchev–Trinajstić information content (AvgIpc) is 3.56. The Morgan fingerprint density at radius 2 is 1.68 bits per heavy atom. The van der Waals surface area contributed by atoms with Crippen molar-refractivity contribution in [2.75, 3.05) is 6.61 Å². The van der Waals surface area contributed by atoms with Crippen LogP contribution in [0, 0.1) is 21.0 Å². The molecular formula is C30H29I2N3O6. The Bertz CT molecular complexity index is 1520. The zero-order valence-corrected chi connectivity index (χ0v) is 27.3. The van der Waals surface area contributed by atoms with Crippen LogP contribution >= 0.6 is 45.2 Å². The number of carbonyl (C=O) groups excluding carboxylic acids is 2. The molecule has 2 heterocycles. The number of halogens is 2. The summed E-state index contributed by atoms with van der Waals surface area (Å²) in [4.78, 5) is 24.4. The van der Waals surface area contributed by atoms with E-state index in [0.717, 1.165) is 29.8 Å². The van der Waals surface area contributed by atoms with E-state index in [1.807, 2.05) is 36.4 Å². The molecule has 0 spiro atoms. The number of nitrogens with one attached hydrogen (secondary N) is 1. The highest BCUT2D eigenvalue weighted by atomic mass is 127. The van der Waals surface area contributed by atoms with Gasteiger partial charge in [0.15, 0.2) is 11.9 Å². The minimum atomic E-state index is -0.733. The Morgan fingerprint density at radius 3 is 2.32 bits per heavy atom. The molecule has 1 atom stereocenters. The number of furan rings is 1. The molecule has 0 saturated heterocycles. The van der Waals surface area contributed by atoms with E-state index in [9.17, 15) is 9.59 Å². The van der Waals surface area contributed by atoms with E-state index in [1.54, 1.807) is 26.0 Å². The first-order valence-corrected chi connectivity index (χ1v) is 14.9. The van der Waals surface area contributed by atoms with Crippen LogP contribution in [0.2, 0.25) is 0 Å². The van der Waals surface area contributed by atoms with E-state index in [4.69, 9.17) is 18.6 Å². The number of amides is 1. The number of rotatable bonds is 11. The van der Waals surface area contributed by atoms with Gasteiger partial charge in [0.1, 0.15) is 23.9 Å². The highest BCUT2D eigenvalue weighted by Gasteiger charge is 2.19. The number of ether oxygens (including phenoxy) is 3. The van der Waals surface area contributed by atoms with Crippen molar-refractivity contribution >= 4 is 63.3 Å². The summed E-state index contributed by atoms with van der Waals surface area (Å²) >= 11 is 4.25. The van der Waals surface area contributed by atoms with Crippen molar-refractivity contribution < 1.29 is 28.2 Å². The van der Waals surface area contributed by atoms with Crippen LogP contribution < -0.4 is 14.9 Å². The summed E-state index contributed by atoms with van der Waals surface area (Å²) in [6.07, 6.45) is 0.789. The van der Waals surface area contributed by atoms with Crippen molar-refractivity contribution in [2.24, 2.45) is 5.10 Å². The average molecular weight is 781 g/mol. The minimum Gasteiger partial charge on any atom is -0.486 e. The number of benzene rings is 2.